The Bertz CT molecular complexity index is 1230. The molecule has 32 heavy (non-hydrogen) atoms. The van der Waals surface area contributed by atoms with E-state index in [-0.39, 0.29) is 11.4 Å². The van der Waals surface area contributed by atoms with Crippen molar-refractivity contribution in [3.63, 3.8) is 0 Å². The van der Waals surface area contributed by atoms with Crippen molar-refractivity contribution in [1.29, 1.82) is 0 Å². The monoisotopic (exact) mass is 430 g/mol. The van der Waals surface area contributed by atoms with Crippen LogP contribution in [-0.2, 0) is 6.54 Å². The van der Waals surface area contributed by atoms with Crippen molar-refractivity contribution in [2.24, 2.45) is 0 Å². The SMILES string of the molecule is CCn1cc(NC(=O)c2cc(-c3ccc(OC)cc3)n[nH]2)c(C(=O)Nc2ccccc2)n1. The molecule has 0 bridgehead atoms. The molecule has 0 spiro atoms. The Kier molecular flexibility index (Phi) is 5.98. The van der Waals surface area contributed by atoms with E-state index >= 15 is 0 Å². The smallest absolute Gasteiger partial charge is 0.278 e. The summed E-state index contributed by atoms with van der Waals surface area (Å²) in [7, 11) is 1.60. The largest absolute Gasteiger partial charge is 0.497 e. The van der Waals surface area contributed by atoms with Crippen LogP contribution in [0.3, 0.4) is 0 Å². The number of aromatic nitrogens is 4. The number of hydrogen-bond acceptors (Lipinski definition) is 5. The lowest BCUT2D eigenvalue weighted by atomic mass is 10.1. The third-order valence-corrected chi connectivity index (χ3v) is 4.79. The fourth-order valence-electron chi connectivity index (χ4n) is 3.09. The number of aromatic amines is 1. The highest BCUT2D eigenvalue weighted by molar-refractivity contribution is 6.11. The van der Waals surface area contributed by atoms with E-state index in [4.69, 9.17) is 4.74 Å². The van der Waals surface area contributed by atoms with Crippen LogP contribution in [0.15, 0.2) is 66.9 Å². The number of hydrogen-bond donors (Lipinski definition) is 3. The summed E-state index contributed by atoms with van der Waals surface area (Å²) in [6.07, 6.45) is 1.62. The van der Waals surface area contributed by atoms with Crippen LogP contribution < -0.4 is 15.4 Å². The highest BCUT2D eigenvalue weighted by Gasteiger charge is 2.20. The van der Waals surface area contributed by atoms with Crippen molar-refractivity contribution >= 4 is 23.2 Å². The predicted octanol–water partition coefficient (Wildman–Crippen LogP) is 3.81. The highest BCUT2D eigenvalue weighted by Crippen LogP contribution is 2.22. The molecule has 9 nitrogen and oxygen atoms in total. The van der Waals surface area contributed by atoms with Gasteiger partial charge in [-0.2, -0.15) is 10.2 Å². The van der Waals surface area contributed by atoms with Gasteiger partial charge < -0.3 is 15.4 Å². The summed E-state index contributed by atoms with van der Waals surface area (Å²) < 4.78 is 6.75. The van der Waals surface area contributed by atoms with Crippen molar-refractivity contribution in [3.8, 4) is 17.0 Å². The van der Waals surface area contributed by atoms with Gasteiger partial charge in [-0.25, -0.2) is 0 Å². The van der Waals surface area contributed by atoms with Gasteiger partial charge in [0.2, 0.25) is 0 Å². The van der Waals surface area contributed by atoms with Crippen LogP contribution in [0.1, 0.15) is 27.9 Å². The molecule has 2 aromatic carbocycles. The molecule has 2 heterocycles. The number of nitrogens with one attached hydrogen (secondary N) is 3. The molecule has 0 fully saturated rings. The van der Waals surface area contributed by atoms with Gasteiger partial charge >= 0.3 is 0 Å². The quantitative estimate of drug-likeness (QED) is 0.413. The molecular formula is C23H22N6O3. The second kappa shape index (κ2) is 9.17. The zero-order valence-corrected chi connectivity index (χ0v) is 17.6. The average Bonchev–Trinajstić information content (AvgIpc) is 3.47. The number of benzene rings is 2. The number of ether oxygens (including phenoxy) is 1. The van der Waals surface area contributed by atoms with Gasteiger partial charge in [0, 0.05) is 24.0 Å². The number of rotatable bonds is 7. The van der Waals surface area contributed by atoms with E-state index in [1.807, 2.05) is 49.4 Å². The Hall–Kier alpha value is -4.40. The summed E-state index contributed by atoms with van der Waals surface area (Å²) in [5.74, 6) is -0.111. The van der Waals surface area contributed by atoms with Gasteiger partial charge in [-0.3, -0.25) is 19.4 Å². The molecule has 0 aliphatic rings. The molecule has 2 aromatic heterocycles. The molecule has 3 N–H and O–H groups in total. The van der Waals surface area contributed by atoms with Crippen LogP contribution in [0.5, 0.6) is 5.75 Å². The Morgan fingerprint density at radius 2 is 1.78 bits per heavy atom. The number of nitrogens with zero attached hydrogens (tertiary/aromatic N) is 3. The van der Waals surface area contributed by atoms with E-state index in [1.165, 1.54) is 0 Å². The van der Waals surface area contributed by atoms with Gasteiger partial charge in [-0.05, 0) is 49.4 Å². The number of para-hydroxylation sites is 1. The topological polar surface area (TPSA) is 114 Å². The molecule has 0 saturated heterocycles. The molecule has 0 radical (unpaired) electrons. The van der Waals surface area contributed by atoms with Crippen LogP contribution in [0.2, 0.25) is 0 Å². The third kappa shape index (κ3) is 4.51. The van der Waals surface area contributed by atoms with Crippen LogP contribution >= 0.6 is 0 Å². The number of carbonyl (C=O) groups excluding carboxylic acids is 2. The van der Waals surface area contributed by atoms with Gasteiger partial charge in [-0.15, -0.1) is 0 Å². The minimum absolute atomic E-state index is 0.124. The van der Waals surface area contributed by atoms with E-state index in [0.717, 1.165) is 11.3 Å². The van der Waals surface area contributed by atoms with E-state index in [2.05, 4.69) is 25.9 Å². The van der Waals surface area contributed by atoms with Crippen molar-refractivity contribution in [3.05, 3.63) is 78.2 Å². The lowest BCUT2D eigenvalue weighted by Crippen LogP contribution is -2.18. The maximum Gasteiger partial charge on any atom is 0.278 e. The standard InChI is InChI=1S/C23H22N6O3/c1-3-29-14-20(21(28-29)23(31)24-16-7-5-4-6-8-16)25-22(30)19-13-18(26-27-19)15-9-11-17(32-2)12-10-15/h4-14H,3H2,1-2H3,(H,24,31)(H,25,30)(H,26,27). The number of anilines is 2. The van der Waals surface area contributed by atoms with E-state index in [0.29, 0.717) is 23.6 Å². The molecule has 0 aliphatic heterocycles. The first-order valence-electron chi connectivity index (χ1n) is 10.0. The fraction of sp³-hybridized carbons (Fsp3) is 0.130. The average molecular weight is 430 g/mol. The van der Waals surface area contributed by atoms with Crippen LogP contribution in [0.4, 0.5) is 11.4 Å². The zero-order valence-electron chi connectivity index (χ0n) is 17.6. The van der Waals surface area contributed by atoms with E-state index in [1.54, 1.807) is 36.2 Å². The van der Waals surface area contributed by atoms with Crippen molar-refractivity contribution in [2.75, 3.05) is 17.7 Å². The molecule has 0 aliphatic carbocycles. The first kappa shape index (κ1) is 20.9. The van der Waals surface area contributed by atoms with E-state index < -0.39 is 11.8 Å². The van der Waals surface area contributed by atoms with Gasteiger partial charge in [-0.1, -0.05) is 18.2 Å². The molecular weight excluding hydrogens is 408 g/mol. The number of methoxy groups -OCH3 is 1. The van der Waals surface area contributed by atoms with Gasteiger partial charge in [0.1, 0.15) is 11.4 Å². The Labute approximate surface area is 184 Å². The Morgan fingerprint density at radius 1 is 1.03 bits per heavy atom. The van der Waals surface area contributed by atoms with Gasteiger partial charge in [0.05, 0.1) is 18.5 Å². The molecule has 0 atom stereocenters. The molecule has 162 valence electrons. The second-order valence-electron chi connectivity index (χ2n) is 6.92. The summed E-state index contributed by atoms with van der Waals surface area (Å²) >= 11 is 0. The first-order chi connectivity index (χ1) is 15.6. The highest BCUT2D eigenvalue weighted by atomic mass is 16.5. The maximum absolute atomic E-state index is 12.8. The van der Waals surface area contributed by atoms with Gasteiger partial charge in [0.15, 0.2) is 5.69 Å². The maximum atomic E-state index is 12.8. The second-order valence-corrected chi connectivity index (χ2v) is 6.92. The third-order valence-electron chi connectivity index (χ3n) is 4.79. The zero-order chi connectivity index (χ0) is 22.5. The van der Waals surface area contributed by atoms with E-state index in [9.17, 15) is 9.59 Å². The Balaban J connectivity index is 1.52. The summed E-state index contributed by atoms with van der Waals surface area (Å²) in [6, 6.07) is 18.0. The normalized spacial score (nSPS) is 10.6. The molecule has 4 rings (SSSR count). The number of amides is 2. The minimum atomic E-state index is -0.429. The predicted molar refractivity (Wildman–Crippen MR) is 121 cm³/mol. The molecule has 0 unspecified atom stereocenters. The summed E-state index contributed by atoms with van der Waals surface area (Å²) in [4.78, 5) is 25.6. The summed E-state index contributed by atoms with van der Waals surface area (Å²) in [6.45, 7) is 2.45. The molecule has 0 saturated carbocycles. The number of carbonyl (C=O) groups is 2. The molecule has 4 aromatic rings. The molecule has 2 amide bonds. The van der Waals surface area contributed by atoms with Gasteiger partial charge in [0.25, 0.3) is 11.8 Å². The summed E-state index contributed by atoms with van der Waals surface area (Å²) in [5, 5.41) is 16.8. The van der Waals surface area contributed by atoms with Crippen LogP contribution in [0, 0.1) is 0 Å². The number of aryl methyl sites for hydroxylation is 1. The summed E-state index contributed by atoms with van der Waals surface area (Å²) in [5.41, 5.74) is 2.78. The molecule has 9 heteroatoms. The van der Waals surface area contributed by atoms with Crippen LogP contribution in [0.25, 0.3) is 11.3 Å². The van der Waals surface area contributed by atoms with Crippen molar-refractivity contribution in [2.45, 2.75) is 13.5 Å². The lowest BCUT2D eigenvalue weighted by Gasteiger charge is -2.05. The first-order valence-corrected chi connectivity index (χ1v) is 10.0. The Morgan fingerprint density at radius 3 is 2.47 bits per heavy atom. The van der Waals surface area contributed by atoms with Crippen LogP contribution in [-0.4, -0.2) is 38.9 Å². The fourth-order valence-corrected chi connectivity index (χ4v) is 3.09. The number of H-pyrrole nitrogens is 1. The van der Waals surface area contributed by atoms with Crippen molar-refractivity contribution < 1.29 is 14.3 Å². The minimum Gasteiger partial charge on any atom is -0.497 e. The lowest BCUT2D eigenvalue weighted by molar-refractivity contribution is 0.102. The van der Waals surface area contributed by atoms with Crippen molar-refractivity contribution in [1.82, 2.24) is 20.0 Å².